The van der Waals surface area contributed by atoms with Gasteiger partial charge in [0, 0.05) is 18.4 Å². The van der Waals surface area contributed by atoms with E-state index in [0.29, 0.717) is 6.04 Å². The summed E-state index contributed by atoms with van der Waals surface area (Å²) in [6.07, 6.45) is 7.51. The van der Waals surface area contributed by atoms with Crippen molar-refractivity contribution < 1.29 is 0 Å². The summed E-state index contributed by atoms with van der Waals surface area (Å²) in [7, 11) is 2.03. The number of hydrogen-bond donors (Lipinski definition) is 1. The Morgan fingerprint density at radius 3 is 2.53 bits per heavy atom. The summed E-state index contributed by atoms with van der Waals surface area (Å²) >= 11 is 0. The summed E-state index contributed by atoms with van der Waals surface area (Å²) in [6.45, 7) is 4.58. The molecule has 0 saturated heterocycles. The van der Waals surface area contributed by atoms with Gasteiger partial charge < -0.3 is 5.32 Å². The van der Waals surface area contributed by atoms with Gasteiger partial charge in [0.1, 0.15) is 0 Å². The second-order valence-corrected chi connectivity index (χ2v) is 4.25. The lowest BCUT2D eigenvalue weighted by atomic mass is 9.93. The van der Waals surface area contributed by atoms with E-state index in [4.69, 9.17) is 0 Å². The molecule has 1 N–H and O–H groups in total. The predicted octanol–water partition coefficient (Wildman–Crippen LogP) is 3.17. The molecule has 0 aliphatic rings. The van der Waals surface area contributed by atoms with Crippen LogP contribution in [0.1, 0.15) is 44.7 Å². The average molecular weight is 206 g/mol. The van der Waals surface area contributed by atoms with E-state index >= 15 is 0 Å². The molecule has 84 valence electrons. The van der Waals surface area contributed by atoms with Crippen LogP contribution in [-0.2, 0) is 0 Å². The van der Waals surface area contributed by atoms with Gasteiger partial charge in [-0.25, -0.2) is 0 Å². The third-order valence-corrected chi connectivity index (χ3v) is 2.88. The van der Waals surface area contributed by atoms with Crippen LogP contribution in [0.15, 0.2) is 24.5 Å². The Labute approximate surface area is 93.1 Å². The van der Waals surface area contributed by atoms with Crippen molar-refractivity contribution in [3.05, 3.63) is 30.1 Å². The maximum atomic E-state index is 4.05. The summed E-state index contributed by atoms with van der Waals surface area (Å²) in [5, 5.41) is 3.38. The van der Waals surface area contributed by atoms with E-state index < -0.39 is 0 Å². The summed E-state index contributed by atoms with van der Waals surface area (Å²) in [4.78, 5) is 4.05. The van der Waals surface area contributed by atoms with Crippen LogP contribution in [0.25, 0.3) is 0 Å². The molecule has 1 aromatic rings. The number of pyridine rings is 1. The first kappa shape index (κ1) is 12.2. The summed E-state index contributed by atoms with van der Waals surface area (Å²) < 4.78 is 0. The normalized spacial score (nSPS) is 14.9. The highest BCUT2D eigenvalue weighted by atomic mass is 14.9. The van der Waals surface area contributed by atoms with Crippen LogP contribution in [0.5, 0.6) is 0 Å². The van der Waals surface area contributed by atoms with E-state index in [1.807, 2.05) is 19.4 Å². The van der Waals surface area contributed by atoms with Crippen LogP contribution in [0.3, 0.4) is 0 Å². The van der Waals surface area contributed by atoms with E-state index in [9.17, 15) is 0 Å². The minimum atomic E-state index is 0.467. The topological polar surface area (TPSA) is 24.9 Å². The molecular formula is C13H22N2. The molecule has 2 heteroatoms. The minimum absolute atomic E-state index is 0.467. The van der Waals surface area contributed by atoms with E-state index in [2.05, 4.69) is 36.3 Å². The molecule has 0 fully saturated rings. The number of rotatable bonds is 6. The molecule has 0 amide bonds. The molecule has 0 aromatic carbocycles. The molecule has 2 nitrogen and oxygen atoms in total. The van der Waals surface area contributed by atoms with Gasteiger partial charge >= 0.3 is 0 Å². The monoisotopic (exact) mass is 206 g/mol. The van der Waals surface area contributed by atoms with Crippen molar-refractivity contribution in [3.8, 4) is 0 Å². The quantitative estimate of drug-likeness (QED) is 0.773. The summed E-state index contributed by atoms with van der Waals surface area (Å²) in [5.74, 6) is 0.778. The van der Waals surface area contributed by atoms with Gasteiger partial charge in [-0.1, -0.05) is 26.7 Å². The Balaban J connectivity index is 2.56. The van der Waals surface area contributed by atoms with Gasteiger partial charge in [0.05, 0.1) is 0 Å². The van der Waals surface area contributed by atoms with Crippen molar-refractivity contribution >= 4 is 0 Å². The van der Waals surface area contributed by atoms with Gasteiger partial charge in [0.2, 0.25) is 0 Å². The Kier molecular flexibility index (Phi) is 5.33. The highest BCUT2D eigenvalue weighted by Gasteiger charge is 2.12. The fourth-order valence-corrected chi connectivity index (χ4v) is 2.03. The lowest BCUT2D eigenvalue weighted by Gasteiger charge is -2.20. The third-order valence-electron chi connectivity index (χ3n) is 2.88. The van der Waals surface area contributed by atoms with Crippen molar-refractivity contribution in [2.75, 3.05) is 7.05 Å². The predicted molar refractivity (Wildman–Crippen MR) is 64.7 cm³/mol. The van der Waals surface area contributed by atoms with Crippen molar-refractivity contribution in [1.29, 1.82) is 0 Å². The zero-order chi connectivity index (χ0) is 11.1. The first-order chi connectivity index (χ1) is 7.27. The summed E-state index contributed by atoms with van der Waals surface area (Å²) in [5.41, 5.74) is 1.34. The van der Waals surface area contributed by atoms with Gasteiger partial charge in [-0.15, -0.1) is 0 Å². The minimum Gasteiger partial charge on any atom is -0.313 e. The van der Waals surface area contributed by atoms with Gasteiger partial charge in [-0.3, -0.25) is 4.98 Å². The largest absolute Gasteiger partial charge is 0.313 e. The fraction of sp³-hybridized carbons (Fsp3) is 0.615. The Morgan fingerprint density at radius 2 is 2.00 bits per heavy atom. The van der Waals surface area contributed by atoms with E-state index in [0.717, 1.165) is 5.92 Å². The second kappa shape index (κ2) is 6.57. The first-order valence-corrected chi connectivity index (χ1v) is 5.85. The number of nitrogens with zero attached hydrogens (tertiary/aromatic N) is 1. The van der Waals surface area contributed by atoms with Gasteiger partial charge in [0.15, 0.2) is 0 Å². The molecule has 0 spiro atoms. The molecule has 0 radical (unpaired) electrons. The van der Waals surface area contributed by atoms with Crippen LogP contribution in [0.4, 0.5) is 0 Å². The van der Waals surface area contributed by atoms with Crippen LogP contribution in [-0.4, -0.2) is 12.0 Å². The molecule has 1 rings (SSSR count). The Bertz CT molecular complexity index is 258. The zero-order valence-electron chi connectivity index (χ0n) is 10.0. The van der Waals surface area contributed by atoms with Crippen LogP contribution in [0, 0.1) is 5.92 Å². The Morgan fingerprint density at radius 1 is 1.33 bits per heavy atom. The van der Waals surface area contributed by atoms with Crippen LogP contribution < -0.4 is 5.32 Å². The van der Waals surface area contributed by atoms with Gasteiger partial charge in [0.25, 0.3) is 0 Å². The number of hydrogen-bond acceptors (Lipinski definition) is 2. The maximum absolute atomic E-state index is 4.05. The van der Waals surface area contributed by atoms with Crippen molar-refractivity contribution in [1.82, 2.24) is 10.3 Å². The highest BCUT2D eigenvalue weighted by Crippen LogP contribution is 2.22. The van der Waals surface area contributed by atoms with Crippen molar-refractivity contribution in [2.45, 2.75) is 39.2 Å². The molecule has 15 heavy (non-hydrogen) atoms. The van der Waals surface area contributed by atoms with E-state index in [-0.39, 0.29) is 0 Å². The van der Waals surface area contributed by atoms with Crippen molar-refractivity contribution in [2.24, 2.45) is 5.92 Å². The molecule has 1 heterocycles. The van der Waals surface area contributed by atoms with Gasteiger partial charge in [-0.2, -0.15) is 0 Å². The zero-order valence-corrected chi connectivity index (χ0v) is 10.0. The Hall–Kier alpha value is -0.890. The van der Waals surface area contributed by atoms with Gasteiger partial charge in [-0.05, 0) is 37.1 Å². The SMILES string of the molecule is CCCC(C)CC(NC)c1ccncc1. The first-order valence-electron chi connectivity index (χ1n) is 5.85. The average Bonchev–Trinajstić information content (AvgIpc) is 2.27. The third kappa shape index (κ3) is 4.00. The lowest BCUT2D eigenvalue weighted by molar-refractivity contribution is 0.407. The molecular weight excluding hydrogens is 184 g/mol. The highest BCUT2D eigenvalue weighted by molar-refractivity contribution is 5.14. The maximum Gasteiger partial charge on any atom is 0.0321 e. The number of nitrogens with one attached hydrogen (secondary N) is 1. The molecule has 0 saturated carbocycles. The second-order valence-electron chi connectivity index (χ2n) is 4.25. The van der Waals surface area contributed by atoms with E-state index in [1.165, 1.54) is 24.8 Å². The smallest absolute Gasteiger partial charge is 0.0321 e. The standard InChI is InChI=1S/C13H22N2/c1-4-5-11(2)10-13(14-3)12-6-8-15-9-7-12/h6-9,11,13-14H,4-5,10H2,1-3H3. The van der Waals surface area contributed by atoms with Crippen LogP contribution >= 0.6 is 0 Å². The fourth-order valence-electron chi connectivity index (χ4n) is 2.03. The number of aromatic nitrogens is 1. The van der Waals surface area contributed by atoms with E-state index in [1.54, 1.807) is 0 Å². The summed E-state index contributed by atoms with van der Waals surface area (Å²) in [6, 6.07) is 4.66. The van der Waals surface area contributed by atoms with Crippen molar-refractivity contribution in [3.63, 3.8) is 0 Å². The van der Waals surface area contributed by atoms with Crippen LogP contribution in [0.2, 0.25) is 0 Å². The molecule has 0 aliphatic heterocycles. The molecule has 1 aromatic heterocycles. The lowest BCUT2D eigenvalue weighted by Crippen LogP contribution is -2.19. The molecule has 0 aliphatic carbocycles. The molecule has 2 unspecified atom stereocenters. The molecule has 2 atom stereocenters. The molecule has 0 bridgehead atoms.